The summed E-state index contributed by atoms with van der Waals surface area (Å²) in [5.41, 5.74) is 6.12. The number of rotatable bonds is 5. The lowest BCUT2D eigenvalue weighted by Gasteiger charge is -2.27. The summed E-state index contributed by atoms with van der Waals surface area (Å²) in [6.45, 7) is 2.24. The maximum atomic E-state index is 6.12. The Kier molecular flexibility index (Phi) is 4.39. The van der Waals surface area contributed by atoms with Crippen molar-refractivity contribution in [1.82, 2.24) is 10.1 Å². The van der Waals surface area contributed by atoms with E-state index in [4.69, 9.17) is 10.3 Å². The fraction of sp³-hybridized carbons (Fsp3) is 0.846. The number of hydrogen-bond acceptors (Lipinski definition) is 6. The molecule has 1 aliphatic heterocycles. The Labute approximate surface area is 122 Å². The van der Waals surface area contributed by atoms with Crippen LogP contribution in [0.1, 0.15) is 43.2 Å². The van der Waals surface area contributed by atoms with Crippen molar-refractivity contribution in [2.24, 2.45) is 11.7 Å². The second-order valence-electron chi connectivity index (χ2n) is 5.36. The molecule has 1 aliphatic carbocycles. The van der Waals surface area contributed by atoms with Gasteiger partial charge in [-0.2, -0.15) is 16.7 Å². The minimum absolute atomic E-state index is 0.198. The van der Waals surface area contributed by atoms with Gasteiger partial charge in [0.2, 0.25) is 5.89 Å². The summed E-state index contributed by atoms with van der Waals surface area (Å²) < 4.78 is 5.40. The molecule has 2 fully saturated rings. The van der Waals surface area contributed by atoms with Crippen molar-refractivity contribution >= 4 is 23.5 Å². The highest BCUT2D eigenvalue weighted by atomic mass is 32.2. The second kappa shape index (κ2) is 6.06. The first-order valence-electron chi connectivity index (χ1n) is 7.09. The number of thioether (sulfide) groups is 2. The molecule has 0 spiro atoms. The smallest absolute Gasteiger partial charge is 0.228 e. The van der Waals surface area contributed by atoms with Crippen LogP contribution in [-0.2, 0) is 6.42 Å². The fourth-order valence-corrected chi connectivity index (χ4v) is 5.48. The summed E-state index contributed by atoms with van der Waals surface area (Å²) in [6.07, 6.45) is 4.41. The van der Waals surface area contributed by atoms with Crippen molar-refractivity contribution in [3.63, 3.8) is 0 Å². The van der Waals surface area contributed by atoms with Crippen molar-refractivity contribution in [2.45, 2.75) is 49.1 Å². The molecule has 0 amide bonds. The van der Waals surface area contributed by atoms with E-state index in [0.29, 0.717) is 16.4 Å². The summed E-state index contributed by atoms with van der Waals surface area (Å²) in [6, 6.07) is 0.198. The molecule has 0 aromatic carbocycles. The van der Waals surface area contributed by atoms with Crippen LogP contribution in [0.15, 0.2) is 4.52 Å². The van der Waals surface area contributed by atoms with E-state index < -0.39 is 0 Å². The lowest BCUT2D eigenvalue weighted by molar-refractivity contribution is 0.358. The largest absolute Gasteiger partial charge is 0.339 e. The Hall–Kier alpha value is -0.200. The van der Waals surface area contributed by atoms with Crippen molar-refractivity contribution in [2.75, 3.05) is 11.5 Å². The van der Waals surface area contributed by atoms with Gasteiger partial charge < -0.3 is 10.3 Å². The van der Waals surface area contributed by atoms with Gasteiger partial charge in [0.25, 0.3) is 0 Å². The van der Waals surface area contributed by atoms with E-state index in [0.717, 1.165) is 24.6 Å². The number of aromatic nitrogens is 2. The Morgan fingerprint density at radius 2 is 2.16 bits per heavy atom. The SMILES string of the molecule is CCC1SCCSC1c1noc(CC(N)C2CC2)n1. The van der Waals surface area contributed by atoms with Gasteiger partial charge in [-0.15, -0.1) is 11.8 Å². The predicted molar refractivity (Wildman–Crippen MR) is 80.4 cm³/mol. The first-order valence-corrected chi connectivity index (χ1v) is 9.19. The molecule has 2 N–H and O–H groups in total. The third kappa shape index (κ3) is 3.28. The highest BCUT2D eigenvalue weighted by Gasteiger charge is 2.32. The molecule has 1 aromatic heterocycles. The quantitative estimate of drug-likeness (QED) is 0.901. The molecule has 2 aliphatic rings. The highest BCUT2D eigenvalue weighted by molar-refractivity contribution is 8.06. The lowest BCUT2D eigenvalue weighted by Crippen LogP contribution is -2.25. The number of nitrogens with zero attached hydrogens (tertiary/aromatic N) is 2. The molecule has 19 heavy (non-hydrogen) atoms. The van der Waals surface area contributed by atoms with Crippen LogP contribution in [0, 0.1) is 5.92 Å². The number of nitrogens with two attached hydrogens (primary N) is 1. The van der Waals surface area contributed by atoms with Crippen LogP contribution in [0.25, 0.3) is 0 Å². The zero-order valence-electron chi connectivity index (χ0n) is 11.2. The maximum Gasteiger partial charge on any atom is 0.228 e. The van der Waals surface area contributed by atoms with Crippen LogP contribution < -0.4 is 5.73 Å². The molecule has 2 heterocycles. The molecule has 4 nitrogen and oxygen atoms in total. The minimum atomic E-state index is 0.198. The highest BCUT2D eigenvalue weighted by Crippen LogP contribution is 2.43. The van der Waals surface area contributed by atoms with Crippen molar-refractivity contribution in [3.8, 4) is 0 Å². The zero-order valence-corrected chi connectivity index (χ0v) is 12.9. The lowest BCUT2D eigenvalue weighted by atomic mass is 10.1. The molecular weight excluding hydrogens is 278 g/mol. The monoisotopic (exact) mass is 299 g/mol. The Morgan fingerprint density at radius 1 is 1.37 bits per heavy atom. The van der Waals surface area contributed by atoms with Gasteiger partial charge in [0, 0.05) is 29.2 Å². The third-order valence-electron chi connectivity index (χ3n) is 3.83. The molecule has 0 bridgehead atoms. The summed E-state index contributed by atoms with van der Waals surface area (Å²) in [5, 5.41) is 5.19. The van der Waals surface area contributed by atoms with Gasteiger partial charge in [0.1, 0.15) is 0 Å². The van der Waals surface area contributed by atoms with Crippen molar-refractivity contribution in [3.05, 3.63) is 11.7 Å². The van der Waals surface area contributed by atoms with Gasteiger partial charge in [0.05, 0.1) is 5.25 Å². The molecule has 3 unspecified atom stereocenters. The molecule has 0 radical (unpaired) electrons. The fourth-order valence-electron chi connectivity index (χ4n) is 2.50. The second-order valence-corrected chi connectivity index (χ2v) is 7.96. The zero-order chi connectivity index (χ0) is 13.2. The van der Waals surface area contributed by atoms with E-state index in [-0.39, 0.29) is 6.04 Å². The molecular formula is C13H21N3OS2. The van der Waals surface area contributed by atoms with Crippen LogP contribution in [0.3, 0.4) is 0 Å². The van der Waals surface area contributed by atoms with E-state index in [2.05, 4.69) is 17.1 Å². The van der Waals surface area contributed by atoms with E-state index in [1.165, 1.54) is 24.3 Å². The van der Waals surface area contributed by atoms with Crippen molar-refractivity contribution < 1.29 is 4.52 Å². The van der Waals surface area contributed by atoms with E-state index in [9.17, 15) is 0 Å². The molecule has 6 heteroatoms. The standard InChI is InChI=1S/C13H21N3OS2/c1-2-10-12(19-6-5-18-10)13-15-11(17-16-13)7-9(14)8-3-4-8/h8-10,12H,2-7,14H2,1H3. The predicted octanol–water partition coefficient (Wildman–Crippen LogP) is 2.65. The van der Waals surface area contributed by atoms with Crippen LogP contribution in [-0.4, -0.2) is 32.9 Å². The average Bonchev–Trinajstić information content (AvgIpc) is 3.20. The third-order valence-corrected chi connectivity index (χ3v) is 7.07. The van der Waals surface area contributed by atoms with Gasteiger partial charge in [-0.25, -0.2) is 0 Å². The van der Waals surface area contributed by atoms with Gasteiger partial charge >= 0.3 is 0 Å². The molecule has 1 saturated carbocycles. The van der Waals surface area contributed by atoms with Gasteiger partial charge in [-0.3, -0.25) is 0 Å². The van der Waals surface area contributed by atoms with E-state index >= 15 is 0 Å². The normalized spacial score (nSPS) is 29.4. The van der Waals surface area contributed by atoms with Crippen LogP contribution >= 0.6 is 23.5 Å². The Balaban J connectivity index is 1.65. The first-order chi connectivity index (χ1) is 9.28. The summed E-state index contributed by atoms with van der Waals surface area (Å²) >= 11 is 4.00. The summed E-state index contributed by atoms with van der Waals surface area (Å²) in [4.78, 5) is 4.59. The van der Waals surface area contributed by atoms with E-state index in [1.807, 2.05) is 23.5 Å². The van der Waals surface area contributed by atoms with E-state index in [1.54, 1.807) is 0 Å². The molecule has 1 aromatic rings. The molecule has 106 valence electrons. The Bertz CT molecular complexity index is 422. The summed E-state index contributed by atoms with van der Waals surface area (Å²) in [7, 11) is 0. The molecule has 3 rings (SSSR count). The molecule has 1 saturated heterocycles. The van der Waals surface area contributed by atoms with Crippen molar-refractivity contribution in [1.29, 1.82) is 0 Å². The van der Waals surface area contributed by atoms with Crippen LogP contribution in [0.4, 0.5) is 0 Å². The average molecular weight is 299 g/mol. The minimum Gasteiger partial charge on any atom is -0.339 e. The van der Waals surface area contributed by atoms with Gasteiger partial charge in [-0.05, 0) is 25.2 Å². The van der Waals surface area contributed by atoms with Gasteiger partial charge in [-0.1, -0.05) is 12.1 Å². The van der Waals surface area contributed by atoms with Gasteiger partial charge in [0.15, 0.2) is 5.82 Å². The topological polar surface area (TPSA) is 64.9 Å². The maximum absolute atomic E-state index is 6.12. The van der Waals surface area contributed by atoms with Crippen LogP contribution in [0.2, 0.25) is 0 Å². The van der Waals surface area contributed by atoms with Crippen LogP contribution in [0.5, 0.6) is 0 Å². The molecule has 3 atom stereocenters. The summed E-state index contributed by atoms with van der Waals surface area (Å²) in [5.74, 6) is 4.69. The first kappa shape index (κ1) is 13.8. The number of hydrogen-bond donors (Lipinski definition) is 1. The Morgan fingerprint density at radius 3 is 2.89 bits per heavy atom.